The first-order valence-electron chi connectivity index (χ1n) is 7.81. The number of esters is 1. The summed E-state index contributed by atoms with van der Waals surface area (Å²) in [5, 5.41) is 0.607. The fourth-order valence-electron chi connectivity index (χ4n) is 3.31. The lowest BCUT2D eigenvalue weighted by atomic mass is 9.81. The van der Waals surface area contributed by atoms with Crippen LogP contribution in [0.3, 0.4) is 0 Å². The van der Waals surface area contributed by atoms with E-state index >= 15 is 0 Å². The Balaban J connectivity index is 1.56. The van der Waals surface area contributed by atoms with Crippen molar-refractivity contribution in [3.05, 3.63) is 34.9 Å². The molecule has 1 aliphatic heterocycles. The molecule has 1 saturated heterocycles. The summed E-state index contributed by atoms with van der Waals surface area (Å²) in [6, 6.07) is 6.94. The molecule has 23 heavy (non-hydrogen) atoms. The summed E-state index contributed by atoms with van der Waals surface area (Å²) in [5.74, 6) is -1.48. The van der Waals surface area contributed by atoms with Crippen LogP contribution in [0.1, 0.15) is 31.2 Å². The van der Waals surface area contributed by atoms with Gasteiger partial charge in [0.1, 0.15) is 13.2 Å². The highest BCUT2D eigenvalue weighted by Crippen LogP contribution is 2.37. The van der Waals surface area contributed by atoms with E-state index in [1.54, 1.807) is 24.3 Å². The van der Waals surface area contributed by atoms with Gasteiger partial charge in [-0.1, -0.05) is 36.6 Å². The normalized spacial score (nSPS) is 23.8. The summed E-state index contributed by atoms with van der Waals surface area (Å²) in [5.41, 5.74) is 0.801. The van der Waals surface area contributed by atoms with Crippen LogP contribution in [0.4, 0.5) is 0 Å². The van der Waals surface area contributed by atoms with Crippen LogP contribution in [-0.4, -0.2) is 29.2 Å². The molecule has 0 radical (unpaired) electrons. The second-order valence-electron chi connectivity index (χ2n) is 6.05. The summed E-state index contributed by atoms with van der Waals surface area (Å²) in [6.07, 6.45) is 3.42. The van der Waals surface area contributed by atoms with Crippen LogP contribution in [0.5, 0.6) is 0 Å². The van der Waals surface area contributed by atoms with Gasteiger partial charge in [-0.3, -0.25) is 19.3 Å². The molecule has 2 aliphatic rings. The Morgan fingerprint density at radius 2 is 1.65 bits per heavy atom. The zero-order valence-corrected chi connectivity index (χ0v) is 13.4. The molecule has 1 heterocycles. The maximum Gasteiger partial charge on any atom is 0.326 e. The fourth-order valence-corrected chi connectivity index (χ4v) is 3.43. The van der Waals surface area contributed by atoms with Crippen LogP contribution in [0.25, 0.3) is 0 Å². The van der Waals surface area contributed by atoms with Gasteiger partial charge in [0.15, 0.2) is 0 Å². The molecule has 1 aromatic carbocycles. The Hall–Kier alpha value is -1.88. The van der Waals surface area contributed by atoms with Gasteiger partial charge in [-0.2, -0.15) is 0 Å². The third-order valence-electron chi connectivity index (χ3n) is 4.53. The quantitative estimate of drug-likeness (QED) is 0.626. The Bertz CT molecular complexity index is 604. The molecule has 1 saturated carbocycles. The Kier molecular flexibility index (Phi) is 4.66. The Morgan fingerprint density at radius 1 is 1.09 bits per heavy atom. The molecule has 0 spiro atoms. The molecule has 2 atom stereocenters. The monoisotopic (exact) mass is 335 g/mol. The minimum atomic E-state index is -0.569. The van der Waals surface area contributed by atoms with E-state index in [4.69, 9.17) is 16.3 Å². The first-order valence-corrected chi connectivity index (χ1v) is 8.19. The molecular formula is C17H18ClNO4. The van der Waals surface area contributed by atoms with Gasteiger partial charge < -0.3 is 4.74 Å². The van der Waals surface area contributed by atoms with E-state index in [0.29, 0.717) is 5.02 Å². The molecule has 6 heteroatoms. The molecule has 122 valence electrons. The van der Waals surface area contributed by atoms with Crippen molar-refractivity contribution in [2.75, 3.05) is 6.54 Å². The van der Waals surface area contributed by atoms with E-state index in [1.807, 2.05) is 0 Å². The molecule has 2 fully saturated rings. The van der Waals surface area contributed by atoms with E-state index in [0.717, 1.165) is 36.1 Å². The summed E-state index contributed by atoms with van der Waals surface area (Å²) in [6.45, 7) is -0.197. The van der Waals surface area contributed by atoms with Crippen molar-refractivity contribution in [2.45, 2.75) is 32.3 Å². The lowest BCUT2D eigenvalue weighted by Crippen LogP contribution is -2.36. The number of benzene rings is 1. The average molecular weight is 336 g/mol. The van der Waals surface area contributed by atoms with E-state index in [-0.39, 0.29) is 36.8 Å². The van der Waals surface area contributed by atoms with Crippen molar-refractivity contribution in [3.8, 4) is 0 Å². The molecule has 3 rings (SSSR count). The number of hydrogen-bond acceptors (Lipinski definition) is 4. The molecule has 0 aromatic heterocycles. The maximum absolute atomic E-state index is 12.3. The third-order valence-corrected chi connectivity index (χ3v) is 4.78. The first kappa shape index (κ1) is 16.0. The van der Waals surface area contributed by atoms with Crippen LogP contribution in [0, 0.1) is 11.8 Å². The van der Waals surface area contributed by atoms with E-state index in [9.17, 15) is 14.4 Å². The fraction of sp³-hybridized carbons (Fsp3) is 0.471. The highest BCUT2D eigenvalue weighted by atomic mass is 35.5. The topological polar surface area (TPSA) is 63.7 Å². The second kappa shape index (κ2) is 6.71. The van der Waals surface area contributed by atoms with Crippen molar-refractivity contribution < 1.29 is 19.1 Å². The summed E-state index contributed by atoms with van der Waals surface area (Å²) >= 11 is 5.79. The highest BCUT2D eigenvalue weighted by Gasteiger charge is 2.48. The molecule has 0 N–H and O–H groups in total. The predicted molar refractivity (Wildman–Crippen MR) is 83.4 cm³/mol. The first-order chi connectivity index (χ1) is 11.1. The van der Waals surface area contributed by atoms with Gasteiger partial charge in [0.25, 0.3) is 0 Å². The Morgan fingerprint density at radius 3 is 2.22 bits per heavy atom. The lowest BCUT2D eigenvalue weighted by molar-refractivity contribution is -0.153. The number of halogens is 1. The molecule has 2 unspecified atom stereocenters. The standard InChI is InChI=1S/C17H18ClNO4/c18-12-7-5-11(6-8-12)10-23-15(20)9-19-16(21)13-3-1-2-4-14(13)17(19)22/h5-8,13-14H,1-4,9-10H2. The van der Waals surface area contributed by atoms with E-state index < -0.39 is 5.97 Å². The zero-order valence-electron chi connectivity index (χ0n) is 12.7. The van der Waals surface area contributed by atoms with Crippen molar-refractivity contribution >= 4 is 29.4 Å². The number of carbonyl (C=O) groups excluding carboxylic acids is 3. The summed E-state index contributed by atoms with van der Waals surface area (Å²) < 4.78 is 5.15. The lowest BCUT2D eigenvalue weighted by Gasteiger charge is -2.19. The van der Waals surface area contributed by atoms with Crippen molar-refractivity contribution in [1.29, 1.82) is 0 Å². The minimum absolute atomic E-state index is 0.0963. The SMILES string of the molecule is O=C(CN1C(=O)C2CCCCC2C1=O)OCc1ccc(Cl)cc1. The molecular weight excluding hydrogens is 318 g/mol. The highest BCUT2D eigenvalue weighted by molar-refractivity contribution is 6.30. The molecule has 2 amide bonds. The minimum Gasteiger partial charge on any atom is -0.459 e. The average Bonchev–Trinajstić information content (AvgIpc) is 2.80. The zero-order chi connectivity index (χ0) is 16.4. The van der Waals surface area contributed by atoms with Crippen LogP contribution < -0.4 is 0 Å². The number of fused-ring (bicyclic) bond motifs is 1. The van der Waals surface area contributed by atoms with Crippen LogP contribution in [0.2, 0.25) is 5.02 Å². The second-order valence-corrected chi connectivity index (χ2v) is 6.48. The van der Waals surface area contributed by atoms with Gasteiger partial charge in [-0.05, 0) is 30.5 Å². The van der Waals surface area contributed by atoms with Gasteiger partial charge in [-0.25, -0.2) is 0 Å². The number of rotatable bonds is 4. The van der Waals surface area contributed by atoms with Gasteiger partial charge in [0, 0.05) is 5.02 Å². The Labute approximate surface area is 139 Å². The third kappa shape index (κ3) is 3.39. The van der Waals surface area contributed by atoms with Crippen molar-refractivity contribution in [3.63, 3.8) is 0 Å². The number of amides is 2. The number of ether oxygens (including phenoxy) is 1. The van der Waals surface area contributed by atoms with Crippen molar-refractivity contribution in [1.82, 2.24) is 4.90 Å². The number of likely N-dealkylation sites (tertiary alicyclic amines) is 1. The van der Waals surface area contributed by atoms with E-state index in [1.165, 1.54) is 0 Å². The molecule has 1 aromatic rings. The van der Waals surface area contributed by atoms with Gasteiger partial charge in [-0.15, -0.1) is 0 Å². The smallest absolute Gasteiger partial charge is 0.326 e. The number of hydrogen-bond donors (Lipinski definition) is 0. The summed E-state index contributed by atoms with van der Waals surface area (Å²) in [7, 11) is 0. The van der Waals surface area contributed by atoms with Gasteiger partial charge >= 0.3 is 5.97 Å². The maximum atomic E-state index is 12.3. The number of nitrogens with zero attached hydrogens (tertiary/aromatic N) is 1. The largest absolute Gasteiger partial charge is 0.459 e. The van der Waals surface area contributed by atoms with Crippen LogP contribution in [0.15, 0.2) is 24.3 Å². The molecule has 1 aliphatic carbocycles. The van der Waals surface area contributed by atoms with Gasteiger partial charge in [0.2, 0.25) is 11.8 Å². The van der Waals surface area contributed by atoms with Crippen LogP contribution in [-0.2, 0) is 25.7 Å². The molecule has 0 bridgehead atoms. The predicted octanol–water partition coefficient (Wildman–Crippen LogP) is 2.56. The summed E-state index contributed by atoms with van der Waals surface area (Å²) in [4.78, 5) is 37.6. The number of carbonyl (C=O) groups is 3. The van der Waals surface area contributed by atoms with Crippen LogP contribution >= 0.6 is 11.6 Å². The molecule has 5 nitrogen and oxygen atoms in total. The van der Waals surface area contributed by atoms with E-state index in [2.05, 4.69) is 0 Å². The number of imide groups is 1. The van der Waals surface area contributed by atoms with Gasteiger partial charge in [0.05, 0.1) is 11.8 Å². The van der Waals surface area contributed by atoms with Crippen molar-refractivity contribution in [2.24, 2.45) is 11.8 Å².